The molecule has 2 aromatic heterocycles. The van der Waals surface area contributed by atoms with Gasteiger partial charge in [0, 0.05) is 44.9 Å². The third kappa shape index (κ3) is 4.46. The number of aliphatic imine (C=N–C) groups is 1. The van der Waals surface area contributed by atoms with Gasteiger partial charge in [0.15, 0.2) is 5.17 Å². The summed E-state index contributed by atoms with van der Waals surface area (Å²) in [5.74, 6) is 0. The molecule has 5 unspecified atom stereocenters. The fraction of sp³-hybridized carbons (Fsp3) is 0.213. The summed E-state index contributed by atoms with van der Waals surface area (Å²) in [4.78, 5) is 7.94. The van der Waals surface area contributed by atoms with Gasteiger partial charge in [-0.05, 0) is 85.9 Å². The number of hydrogen-bond acceptors (Lipinski definition) is 5. The first-order chi connectivity index (χ1) is 26.8. The molecule has 54 heavy (non-hydrogen) atoms. The Morgan fingerprint density at radius 2 is 1.22 bits per heavy atom. The van der Waals surface area contributed by atoms with Gasteiger partial charge in [-0.3, -0.25) is 10.3 Å². The van der Waals surface area contributed by atoms with Gasteiger partial charge in [0.25, 0.3) is 0 Å². The van der Waals surface area contributed by atoms with Gasteiger partial charge in [-0.1, -0.05) is 109 Å². The average molecular weight is 721 g/mol. The average Bonchev–Trinajstić information content (AvgIpc) is 3.97. The molecule has 8 aromatic rings. The lowest BCUT2D eigenvalue weighted by Crippen LogP contribution is -2.57. The number of nitrogens with one attached hydrogen (secondary N) is 2. The summed E-state index contributed by atoms with van der Waals surface area (Å²) in [5.41, 5.74) is 11.2. The summed E-state index contributed by atoms with van der Waals surface area (Å²) in [6.45, 7) is 2.10. The van der Waals surface area contributed by atoms with Crippen LogP contribution < -0.4 is 10.6 Å². The molecule has 2 N–H and O–H groups in total. The van der Waals surface area contributed by atoms with Crippen LogP contribution in [0.5, 0.6) is 0 Å². The van der Waals surface area contributed by atoms with Gasteiger partial charge < -0.3 is 19.4 Å². The largest absolute Gasteiger partial charge is 0.329 e. The van der Waals surface area contributed by atoms with E-state index < -0.39 is 0 Å². The molecule has 264 valence electrons. The van der Waals surface area contributed by atoms with E-state index in [2.05, 4.69) is 164 Å². The topological polar surface area (TPSA) is 49.5 Å². The lowest BCUT2D eigenvalue weighted by atomic mass is 9.87. The standard InChI is InChI=1S/C47H40N6S/c1-2-17-35(44-45-43(25-27-48-44)53-46-37(18-11-26-49-46)50-47(53)54-45)30(12-1)31-13-3-9-21-40(31)52-41-22-10-6-16-34(41)36-28-29(23-24-42(36)52)51-38-19-7-4-14-32(38)33-15-5-8-20-39(33)51/h1-10,12-17,19-24,28,37,43-46,48-49H,11,18,25-27H2. The monoisotopic (exact) mass is 720 g/mol. The van der Waals surface area contributed by atoms with Gasteiger partial charge in [0.1, 0.15) is 6.17 Å². The third-order valence-corrected chi connectivity index (χ3v) is 13.9. The second-order valence-corrected chi connectivity index (χ2v) is 16.5. The van der Waals surface area contributed by atoms with Gasteiger partial charge in [-0.25, -0.2) is 0 Å². The Bertz CT molecular complexity index is 2760. The van der Waals surface area contributed by atoms with Gasteiger partial charge in [-0.2, -0.15) is 0 Å². The van der Waals surface area contributed by atoms with E-state index in [1.807, 2.05) is 11.8 Å². The molecule has 4 aliphatic rings. The first-order valence-electron chi connectivity index (χ1n) is 19.5. The molecule has 0 radical (unpaired) electrons. The molecule has 0 bridgehead atoms. The number of rotatable bonds is 4. The normalized spacial score (nSPS) is 23.6. The predicted octanol–water partition coefficient (Wildman–Crippen LogP) is 9.82. The number of benzene rings is 6. The molecule has 6 nitrogen and oxygen atoms in total. The maximum Gasteiger partial charge on any atom is 0.161 e. The highest BCUT2D eigenvalue weighted by atomic mass is 32.2. The number of hydrogen-bond donors (Lipinski definition) is 2. The molecule has 5 atom stereocenters. The second kappa shape index (κ2) is 12.1. The van der Waals surface area contributed by atoms with Crippen molar-refractivity contribution in [3.8, 4) is 22.5 Å². The molecule has 6 aromatic carbocycles. The van der Waals surface area contributed by atoms with E-state index in [0.717, 1.165) is 19.5 Å². The number of thioether (sulfide) groups is 1. The van der Waals surface area contributed by atoms with Gasteiger partial charge in [0.05, 0.1) is 39.0 Å². The molecular weight excluding hydrogens is 681 g/mol. The van der Waals surface area contributed by atoms with E-state index in [1.54, 1.807) is 0 Å². The van der Waals surface area contributed by atoms with E-state index in [4.69, 9.17) is 4.99 Å². The molecular formula is C47H40N6S. The van der Waals surface area contributed by atoms with Crippen LogP contribution in [0.4, 0.5) is 0 Å². The Morgan fingerprint density at radius 1 is 0.574 bits per heavy atom. The summed E-state index contributed by atoms with van der Waals surface area (Å²) < 4.78 is 4.92. The summed E-state index contributed by atoms with van der Waals surface area (Å²) in [7, 11) is 0. The highest BCUT2D eigenvalue weighted by molar-refractivity contribution is 8.14. The predicted molar refractivity (Wildman–Crippen MR) is 225 cm³/mol. The van der Waals surface area contributed by atoms with Crippen LogP contribution in [0, 0.1) is 0 Å². The van der Waals surface area contributed by atoms with Crippen molar-refractivity contribution in [3.63, 3.8) is 0 Å². The Kier molecular flexibility index (Phi) is 6.95. The van der Waals surface area contributed by atoms with Crippen LogP contribution in [0.2, 0.25) is 0 Å². The highest BCUT2D eigenvalue weighted by Gasteiger charge is 2.53. The first-order valence-corrected chi connectivity index (χ1v) is 20.4. The van der Waals surface area contributed by atoms with E-state index >= 15 is 0 Å². The number of amidine groups is 1. The molecule has 0 saturated carbocycles. The minimum atomic E-state index is 0.222. The van der Waals surface area contributed by atoms with Crippen molar-refractivity contribution in [2.24, 2.45) is 4.99 Å². The van der Waals surface area contributed by atoms with Crippen molar-refractivity contribution in [2.45, 2.75) is 48.8 Å². The minimum absolute atomic E-state index is 0.222. The number of fused-ring (bicyclic) bond motifs is 11. The number of aromatic nitrogens is 2. The molecule has 4 aliphatic heterocycles. The quantitative estimate of drug-likeness (QED) is 0.190. The zero-order valence-corrected chi connectivity index (χ0v) is 30.7. The smallest absolute Gasteiger partial charge is 0.161 e. The maximum atomic E-state index is 5.27. The fourth-order valence-corrected chi connectivity index (χ4v) is 11.9. The molecule has 12 rings (SSSR count). The number of nitrogens with zero attached hydrogens (tertiary/aromatic N) is 4. The first kappa shape index (κ1) is 31.1. The molecule has 0 amide bonds. The zero-order chi connectivity index (χ0) is 35.3. The van der Waals surface area contributed by atoms with Crippen molar-refractivity contribution in [1.82, 2.24) is 24.7 Å². The van der Waals surface area contributed by atoms with Crippen molar-refractivity contribution in [1.29, 1.82) is 0 Å². The fourth-order valence-electron chi connectivity index (χ4n) is 10.3. The Labute approximate surface area is 318 Å². The molecule has 3 saturated heterocycles. The molecule has 7 heteroatoms. The van der Waals surface area contributed by atoms with Crippen molar-refractivity contribution in [3.05, 3.63) is 145 Å². The van der Waals surface area contributed by atoms with Crippen LogP contribution in [0.25, 0.3) is 66.1 Å². The lowest BCUT2D eigenvalue weighted by molar-refractivity contribution is 0.152. The number of para-hydroxylation sites is 4. The summed E-state index contributed by atoms with van der Waals surface area (Å²) >= 11 is 2.01. The van der Waals surface area contributed by atoms with Gasteiger partial charge in [-0.15, -0.1) is 0 Å². The van der Waals surface area contributed by atoms with Crippen LogP contribution in [0.1, 0.15) is 30.9 Å². The minimum Gasteiger partial charge on any atom is -0.329 e. The van der Waals surface area contributed by atoms with Gasteiger partial charge in [0.2, 0.25) is 0 Å². The Hall–Kier alpha value is -5.34. The molecule has 6 heterocycles. The summed E-state index contributed by atoms with van der Waals surface area (Å²) in [6.07, 6.45) is 3.92. The van der Waals surface area contributed by atoms with Crippen LogP contribution in [0.3, 0.4) is 0 Å². The summed E-state index contributed by atoms with van der Waals surface area (Å²) in [6, 6.07) is 52.7. The van der Waals surface area contributed by atoms with E-state index in [-0.39, 0.29) is 6.04 Å². The van der Waals surface area contributed by atoms with Crippen molar-refractivity contribution < 1.29 is 0 Å². The Balaban J connectivity index is 1.00. The third-order valence-electron chi connectivity index (χ3n) is 12.5. The van der Waals surface area contributed by atoms with E-state index in [0.29, 0.717) is 23.5 Å². The van der Waals surface area contributed by atoms with E-state index in [1.165, 1.54) is 89.7 Å². The van der Waals surface area contributed by atoms with Crippen molar-refractivity contribution >= 4 is 60.5 Å². The van der Waals surface area contributed by atoms with E-state index in [9.17, 15) is 0 Å². The SMILES string of the molecule is c1ccc(C2NCCC3C2SC2=NC4CCCNC4N23)c(-c2ccccc2-n2c3ccccc3c3cc(-n4c5ccccc5c5ccccc54)ccc32)c1. The van der Waals surface area contributed by atoms with Crippen LogP contribution in [-0.2, 0) is 0 Å². The summed E-state index contributed by atoms with van der Waals surface area (Å²) in [5, 5.41) is 14.6. The van der Waals surface area contributed by atoms with Crippen LogP contribution in [-0.4, -0.2) is 55.8 Å². The molecule has 3 fully saturated rings. The highest BCUT2D eigenvalue weighted by Crippen LogP contribution is 2.49. The lowest BCUT2D eigenvalue weighted by Gasteiger charge is -2.41. The molecule has 0 aliphatic carbocycles. The zero-order valence-electron chi connectivity index (χ0n) is 29.9. The second-order valence-electron chi connectivity index (χ2n) is 15.3. The van der Waals surface area contributed by atoms with Crippen LogP contribution >= 0.6 is 11.8 Å². The van der Waals surface area contributed by atoms with Crippen molar-refractivity contribution in [2.75, 3.05) is 13.1 Å². The van der Waals surface area contributed by atoms with Crippen LogP contribution in [0.15, 0.2) is 145 Å². The van der Waals surface area contributed by atoms with Gasteiger partial charge >= 0.3 is 0 Å². The Morgan fingerprint density at radius 3 is 2.02 bits per heavy atom. The molecule has 0 spiro atoms. The number of piperidine rings is 2. The maximum absolute atomic E-state index is 5.27.